The average Bonchev–Trinajstić information content (AvgIpc) is 2.44. The number of anilines is 1. The van der Waals surface area contributed by atoms with Gasteiger partial charge in [-0.15, -0.1) is 0 Å². The number of oxime groups is 1. The molecule has 0 saturated carbocycles. The predicted octanol–water partition coefficient (Wildman–Crippen LogP) is 2.77. The van der Waals surface area contributed by atoms with E-state index < -0.39 is 11.6 Å². The van der Waals surface area contributed by atoms with Gasteiger partial charge in [-0.1, -0.05) is 36.7 Å². The molecule has 7 heteroatoms. The molecule has 20 heavy (non-hydrogen) atoms. The van der Waals surface area contributed by atoms with E-state index in [9.17, 15) is 4.79 Å². The van der Waals surface area contributed by atoms with Gasteiger partial charge in [-0.2, -0.15) is 0 Å². The summed E-state index contributed by atoms with van der Waals surface area (Å²) in [5.41, 5.74) is 5.36. The van der Waals surface area contributed by atoms with Crippen molar-refractivity contribution in [3.05, 3.63) is 29.3 Å². The SMILES string of the molecule is CCC(CC)(NC(=O)Nc1cccc(Cl)c1)/C(N)=N/O. The molecule has 1 rings (SSSR count). The maximum absolute atomic E-state index is 12.0. The molecule has 0 heterocycles. The summed E-state index contributed by atoms with van der Waals surface area (Å²) < 4.78 is 0. The van der Waals surface area contributed by atoms with E-state index in [2.05, 4.69) is 15.8 Å². The lowest BCUT2D eigenvalue weighted by Crippen LogP contribution is -2.57. The topological polar surface area (TPSA) is 99.7 Å². The molecule has 0 atom stereocenters. The van der Waals surface area contributed by atoms with E-state index in [0.717, 1.165) is 0 Å². The lowest BCUT2D eigenvalue weighted by Gasteiger charge is -2.31. The standard InChI is InChI=1S/C13H19ClN4O2/c1-3-13(4-2,11(15)18-20)17-12(19)16-10-7-5-6-9(14)8-10/h5-8,20H,3-4H2,1-2H3,(H2,15,18)(H2,16,17,19). The molecule has 0 fully saturated rings. The largest absolute Gasteiger partial charge is 0.409 e. The number of hydrogen-bond acceptors (Lipinski definition) is 3. The second kappa shape index (κ2) is 7.00. The predicted molar refractivity (Wildman–Crippen MR) is 80.3 cm³/mol. The van der Waals surface area contributed by atoms with Crippen molar-refractivity contribution in [3.8, 4) is 0 Å². The van der Waals surface area contributed by atoms with Crippen molar-refractivity contribution in [2.24, 2.45) is 10.9 Å². The molecule has 1 aromatic carbocycles. The van der Waals surface area contributed by atoms with Crippen molar-refractivity contribution in [3.63, 3.8) is 0 Å². The normalized spacial score (nSPS) is 12.1. The highest BCUT2D eigenvalue weighted by Crippen LogP contribution is 2.17. The van der Waals surface area contributed by atoms with Gasteiger partial charge in [-0.3, -0.25) is 0 Å². The van der Waals surface area contributed by atoms with Gasteiger partial charge in [0.1, 0.15) is 5.54 Å². The number of carbonyl (C=O) groups is 1. The maximum atomic E-state index is 12.0. The quantitative estimate of drug-likeness (QED) is 0.291. The molecule has 110 valence electrons. The second-order valence-electron chi connectivity index (χ2n) is 4.36. The number of carbonyl (C=O) groups excluding carboxylic acids is 1. The Morgan fingerprint density at radius 1 is 1.45 bits per heavy atom. The van der Waals surface area contributed by atoms with Crippen molar-refractivity contribution in [2.75, 3.05) is 5.32 Å². The lowest BCUT2D eigenvalue weighted by atomic mass is 9.91. The number of hydrogen-bond donors (Lipinski definition) is 4. The van der Waals surface area contributed by atoms with Crippen LogP contribution in [0.3, 0.4) is 0 Å². The Bertz CT molecular complexity index is 501. The zero-order valence-corrected chi connectivity index (χ0v) is 12.2. The highest BCUT2D eigenvalue weighted by Gasteiger charge is 2.33. The fourth-order valence-corrected chi connectivity index (χ4v) is 2.08. The van der Waals surface area contributed by atoms with Gasteiger partial charge in [0, 0.05) is 10.7 Å². The lowest BCUT2D eigenvalue weighted by molar-refractivity contribution is 0.241. The molecule has 0 spiro atoms. The first-order valence-corrected chi connectivity index (χ1v) is 6.68. The minimum Gasteiger partial charge on any atom is -0.409 e. The fraction of sp³-hybridized carbons (Fsp3) is 0.385. The first-order valence-electron chi connectivity index (χ1n) is 6.30. The summed E-state index contributed by atoms with van der Waals surface area (Å²) in [4.78, 5) is 12.0. The van der Waals surface area contributed by atoms with Crippen LogP contribution in [-0.4, -0.2) is 22.6 Å². The van der Waals surface area contributed by atoms with Crippen LogP contribution in [-0.2, 0) is 0 Å². The molecule has 5 N–H and O–H groups in total. The molecule has 0 saturated heterocycles. The van der Waals surface area contributed by atoms with Crippen LogP contribution < -0.4 is 16.4 Å². The molecule has 0 aliphatic heterocycles. The summed E-state index contributed by atoms with van der Waals surface area (Å²) in [5.74, 6) is -0.0243. The van der Waals surface area contributed by atoms with Gasteiger partial charge in [0.2, 0.25) is 0 Å². The summed E-state index contributed by atoms with van der Waals surface area (Å²) in [6, 6.07) is 6.35. The van der Waals surface area contributed by atoms with Crippen LogP contribution in [0.5, 0.6) is 0 Å². The monoisotopic (exact) mass is 298 g/mol. The van der Waals surface area contributed by atoms with Crippen molar-refractivity contribution in [1.29, 1.82) is 0 Å². The van der Waals surface area contributed by atoms with E-state index in [1.165, 1.54) is 0 Å². The number of nitrogens with one attached hydrogen (secondary N) is 2. The van der Waals surface area contributed by atoms with Crippen molar-refractivity contribution in [2.45, 2.75) is 32.2 Å². The molecule has 2 amide bonds. The second-order valence-corrected chi connectivity index (χ2v) is 4.80. The van der Waals surface area contributed by atoms with Gasteiger partial charge >= 0.3 is 6.03 Å². The molecule has 0 aromatic heterocycles. The van der Waals surface area contributed by atoms with Gasteiger partial charge in [0.05, 0.1) is 0 Å². The number of nitrogens with zero attached hydrogens (tertiary/aromatic N) is 1. The summed E-state index contributed by atoms with van der Waals surface area (Å²) in [6.07, 6.45) is 1.00. The van der Waals surface area contributed by atoms with Crippen LogP contribution in [0.4, 0.5) is 10.5 Å². The average molecular weight is 299 g/mol. The van der Waals surface area contributed by atoms with E-state index in [1.54, 1.807) is 24.3 Å². The maximum Gasteiger partial charge on any atom is 0.320 e. The number of rotatable bonds is 5. The number of amides is 2. The minimum absolute atomic E-state index is 0.0243. The van der Waals surface area contributed by atoms with Gasteiger partial charge < -0.3 is 21.6 Å². The molecule has 1 aromatic rings. The third-order valence-corrected chi connectivity index (χ3v) is 3.48. The summed E-state index contributed by atoms with van der Waals surface area (Å²) in [5, 5.41) is 17.8. The fourth-order valence-electron chi connectivity index (χ4n) is 1.89. The molecule has 6 nitrogen and oxygen atoms in total. The third kappa shape index (κ3) is 3.77. The zero-order valence-electron chi connectivity index (χ0n) is 11.5. The summed E-state index contributed by atoms with van der Waals surface area (Å²) in [7, 11) is 0. The Kier molecular flexibility index (Phi) is 5.64. The van der Waals surface area contributed by atoms with E-state index in [-0.39, 0.29) is 5.84 Å². The van der Waals surface area contributed by atoms with Crippen LogP contribution in [0, 0.1) is 0 Å². The van der Waals surface area contributed by atoms with Crippen LogP contribution in [0.25, 0.3) is 0 Å². The van der Waals surface area contributed by atoms with Crippen LogP contribution in [0.15, 0.2) is 29.4 Å². The summed E-state index contributed by atoms with van der Waals surface area (Å²) in [6.45, 7) is 3.70. The minimum atomic E-state index is -0.878. The van der Waals surface area contributed by atoms with Crippen molar-refractivity contribution in [1.82, 2.24) is 5.32 Å². The van der Waals surface area contributed by atoms with Gasteiger partial charge in [0.15, 0.2) is 5.84 Å². The molecule has 0 radical (unpaired) electrons. The van der Waals surface area contributed by atoms with Crippen LogP contribution >= 0.6 is 11.6 Å². The van der Waals surface area contributed by atoms with Gasteiger partial charge in [-0.05, 0) is 31.0 Å². The molecule has 0 unspecified atom stereocenters. The highest BCUT2D eigenvalue weighted by molar-refractivity contribution is 6.30. The number of amidine groups is 1. The Morgan fingerprint density at radius 2 is 2.10 bits per heavy atom. The van der Waals surface area contributed by atoms with E-state index in [4.69, 9.17) is 22.5 Å². The van der Waals surface area contributed by atoms with Crippen molar-refractivity contribution >= 4 is 29.2 Å². The van der Waals surface area contributed by atoms with Crippen LogP contribution in [0.2, 0.25) is 5.02 Å². The molecular formula is C13H19ClN4O2. The smallest absolute Gasteiger partial charge is 0.320 e. The van der Waals surface area contributed by atoms with Gasteiger partial charge in [-0.25, -0.2) is 4.79 Å². The zero-order chi connectivity index (χ0) is 15.2. The molecular weight excluding hydrogens is 280 g/mol. The van der Waals surface area contributed by atoms with E-state index in [1.807, 2.05) is 13.8 Å². The number of nitrogens with two attached hydrogens (primary N) is 1. The first-order chi connectivity index (χ1) is 9.47. The highest BCUT2D eigenvalue weighted by atomic mass is 35.5. The Hall–Kier alpha value is -1.95. The number of halogens is 1. The molecule has 0 aliphatic carbocycles. The van der Waals surface area contributed by atoms with Crippen LogP contribution in [0.1, 0.15) is 26.7 Å². The first kappa shape index (κ1) is 16.1. The van der Waals surface area contributed by atoms with E-state index >= 15 is 0 Å². The Labute approximate surface area is 123 Å². The number of benzene rings is 1. The number of urea groups is 1. The Balaban J connectivity index is 2.82. The molecule has 0 bridgehead atoms. The molecule has 0 aliphatic rings. The van der Waals surface area contributed by atoms with Crippen molar-refractivity contribution < 1.29 is 10.0 Å². The third-order valence-electron chi connectivity index (χ3n) is 3.24. The summed E-state index contributed by atoms with van der Waals surface area (Å²) >= 11 is 5.84. The van der Waals surface area contributed by atoms with E-state index in [0.29, 0.717) is 23.6 Å². The Morgan fingerprint density at radius 3 is 2.60 bits per heavy atom. The van der Waals surface area contributed by atoms with Gasteiger partial charge in [0.25, 0.3) is 0 Å².